The monoisotopic (exact) mass is 261 g/mol. The molecule has 8 nitrogen and oxygen atoms in total. The first-order chi connectivity index (χ1) is 9.13. The molecule has 4 N–H and O–H groups in total. The number of imidazole rings is 1. The topological polar surface area (TPSA) is 119 Å². The first-order valence-corrected chi connectivity index (χ1v) is 5.54. The fourth-order valence-electron chi connectivity index (χ4n) is 2.08. The summed E-state index contributed by atoms with van der Waals surface area (Å²) in [5.41, 5.74) is 6.48. The van der Waals surface area contributed by atoms with Gasteiger partial charge in [0.05, 0.1) is 6.33 Å². The van der Waals surface area contributed by atoms with Gasteiger partial charge in [-0.3, -0.25) is 4.57 Å². The first-order valence-electron chi connectivity index (χ1n) is 5.54. The van der Waals surface area contributed by atoms with Crippen LogP contribution < -0.4 is 5.73 Å². The molecule has 0 aliphatic carbocycles. The van der Waals surface area contributed by atoms with E-state index in [2.05, 4.69) is 20.9 Å². The third-order valence-electron chi connectivity index (χ3n) is 3.06. The molecule has 1 aliphatic heterocycles. The minimum absolute atomic E-state index is 0.227. The molecule has 0 aromatic carbocycles. The SMILES string of the molecule is C#C[C@H]1O[C@@H](n2cnc3c(N)ncnc32)[C@@H](O)[C@H]1O. The zero-order chi connectivity index (χ0) is 13.6. The number of fused-ring (bicyclic) bond motifs is 1. The zero-order valence-electron chi connectivity index (χ0n) is 9.71. The van der Waals surface area contributed by atoms with Crippen LogP contribution in [-0.4, -0.2) is 48.0 Å². The Kier molecular flexibility index (Phi) is 2.60. The highest BCUT2D eigenvalue weighted by atomic mass is 16.6. The molecule has 2 aromatic heterocycles. The van der Waals surface area contributed by atoms with Crippen LogP contribution in [0, 0.1) is 12.3 Å². The number of terminal acetylenes is 1. The summed E-state index contributed by atoms with van der Waals surface area (Å²) in [6.07, 6.45) is 3.84. The van der Waals surface area contributed by atoms with E-state index in [1.54, 1.807) is 0 Å². The van der Waals surface area contributed by atoms with Gasteiger partial charge in [0.15, 0.2) is 17.7 Å². The third-order valence-corrected chi connectivity index (χ3v) is 3.06. The Morgan fingerprint density at radius 1 is 1.32 bits per heavy atom. The van der Waals surface area contributed by atoms with Crippen molar-refractivity contribution >= 4 is 17.0 Å². The van der Waals surface area contributed by atoms with Gasteiger partial charge in [0.25, 0.3) is 0 Å². The van der Waals surface area contributed by atoms with E-state index in [0.29, 0.717) is 11.2 Å². The van der Waals surface area contributed by atoms with E-state index in [9.17, 15) is 10.2 Å². The van der Waals surface area contributed by atoms with Gasteiger partial charge in [-0.1, -0.05) is 5.92 Å². The number of hydrogen-bond acceptors (Lipinski definition) is 7. The molecule has 3 rings (SSSR count). The van der Waals surface area contributed by atoms with Gasteiger partial charge < -0.3 is 20.7 Å². The van der Waals surface area contributed by atoms with Crippen LogP contribution in [0.25, 0.3) is 11.2 Å². The van der Waals surface area contributed by atoms with Crippen LogP contribution >= 0.6 is 0 Å². The first kappa shape index (κ1) is 11.9. The summed E-state index contributed by atoms with van der Waals surface area (Å²) < 4.78 is 6.88. The van der Waals surface area contributed by atoms with E-state index in [-0.39, 0.29) is 5.82 Å². The van der Waals surface area contributed by atoms with Crippen molar-refractivity contribution in [2.45, 2.75) is 24.5 Å². The minimum Gasteiger partial charge on any atom is -0.386 e. The average Bonchev–Trinajstić information content (AvgIpc) is 2.94. The Labute approximate surface area is 107 Å². The number of aliphatic hydroxyl groups excluding tert-OH is 2. The highest BCUT2D eigenvalue weighted by Crippen LogP contribution is 2.31. The molecule has 0 unspecified atom stereocenters. The quantitative estimate of drug-likeness (QED) is 0.543. The highest BCUT2D eigenvalue weighted by molar-refractivity contribution is 5.81. The van der Waals surface area contributed by atoms with Gasteiger partial charge in [0, 0.05) is 0 Å². The maximum absolute atomic E-state index is 9.97. The second-order valence-electron chi connectivity index (χ2n) is 4.18. The third kappa shape index (κ3) is 1.64. The molecule has 1 fully saturated rings. The molecular formula is C11H11N5O3. The number of nitrogens with two attached hydrogens (primary N) is 1. The van der Waals surface area contributed by atoms with Gasteiger partial charge >= 0.3 is 0 Å². The summed E-state index contributed by atoms with van der Waals surface area (Å²) >= 11 is 0. The van der Waals surface area contributed by atoms with Crippen molar-refractivity contribution < 1.29 is 14.9 Å². The van der Waals surface area contributed by atoms with E-state index in [0.717, 1.165) is 0 Å². The molecule has 0 radical (unpaired) electrons. The van der Waals surface area contributed by atoms with E-state index >= 15 is 0 Å². The van der Waals surface area contributed by atoms with Crippen LogP contribution in [0.15, 0.2) is 12.7 Å². The van der Waals surface area contributed by atoms with Gasteiger partial charge in [-0.05, 0) is 0 Å². The minimum atomic E-state index is -1.17. The Bertz CT molecular complexity index is 664. The number of rotatable bonds is 1. The van der Waals surface area contributed by atoms with Gasteiger partial charge in [-0.25, -0.2) is 15.0 Å². The fraction of sp³-hybridized carbons (Fsp3) is 0.364. The lowest BCUT2D eigenvalue weighted by atomic mass is 10.1. The van der Waals surface area contributed by atoms with Gasteiger partial charge in [-0.15, -0.1) is 6.42 Å². The number of aliphatic hydroxyl groups is 2. The van der Waals surface area contributed by atoms with Crippen molar-refractivity contribution in [2.75, 3.05) is 5.73 Å². The molecule has 0 saturated carbocycles. The molecule has 0 bridgehead atoms. The van der Waals surface area contributed by atoms with Crippen LogP contribution in [0.5, 0.6) is 0 Å². The standard InChI is InChI=1S/C11H11N5O3/c1-2-5-7(17)8(18)11(19-5)16-4-15-6-9(12)13-3-14-10(6)16/h1,3-5,7-8,11,17-18H,(H2,12,13,14)/t5-,7+,8+,11-/m1/s1. The van der Waals surface area contributed by atoms with Crippen molar-refractivity contribution in [3.63, 3.8) is 0 Å². The predicted octanol–water partition coefficient (Wildman–Crippen LogP) is -1.34. The lowest BCUT2D eigenvalue weighted by molar-refractivity contribution is -0.0230. The largest absolute Gasteiger partial charge is 0.386 e. The van der Waals surface area contributed by atoms with Crippen LogP contribution in [0.3, 0.4) is 0 Å². The Hall–Kier alpha value is -2.21. The number of aromatic nitrogens is 4. The summed E-state index contributed by atoms with van der Waals surface area (Å²) in [7, 11) is 0. The number of nitrogens with zero attached hydrogens (tertiary/aromatic N) is 4. The molecule has 0 spiro atoms. The Morgan fingerprint density at radius 3 is 2.79 bits per heavy atom. The lowest BCUT2D eigenvalue weighted by Crippen LogP contribution is -2.30. The molecule has 98 valence electrons. The number of anilines is 1. The van der Waals surface area contributed by atoms with Gasteiger partial charge in [-0.2, -0.15) is 0 Å². The second-order valence-corrected chi connectivity index (χ2v) is 4.18. The maximum atomic E-state index is 9.97. The predicted molar refractivity (Wildman–Crippen MR) is 64.5 cm³/mol. The van der Waals surface area contributed by atoms with Crippen molar-refractivity contribution in [3.8, 4) is 12.3 Å². The molecule has 0 amide bonds. The van der Waals surface area contributed by atoms with Crippen molar-refractivity contribution in [2.24, 2.45) is 0 Å². The highest BCUT2D eigenvalue weighted by Gasteiger charge is 2.43. The molecule has 1 aliphatic rings. The van der Waals surface area contributed by atoms with Crippen molar-refractivity contribution in [3.05, 3.63) is 12.7 Å². The average molecular weight is 261 g/mol. The van der Waals surface area contributed by atoms with E-state index in [4.69, 9.17) is 16.9 Å². The smallest absolute Gasteiger partial charge is 0.167 e. The molecule has 8 heteroatoms. The fourth-order valence-corrected chi connectivity index (χ4v) is 2.08. The summed E-state index contributed by atoms with van der Waals surface area (Å²) in [5.74, 6) is 2.50. The molecular weight excluding hydrogens is 250 g/mol. The van der Waals surface area contributed by atoms with Crippen LogP contribution in [0.1, 0.15) is 6.23 Å². The molecule has 3 heterocycles. The van der Waals surface area contributed by atoms with Crippen LogP contribution in [0.2, 0.25) is 0 Å². The van der Waals surface area contributed by atoms with Crippen molar-refractivity contribution in [1.29, 1.82) is 0 Å². The number of nitrogen functional groups attached to an aromatic ring is 1. The molecule has 4 atom stereocenters. The summed E-state index contributed by atoms with van der Waals surface area (Å²) in [6.45, 7) is 0. The van der Waals surface area contributed by atoms with Crippen LogP contribution in [-0.2, 0) is 4.74 Å². The summed E-state index contributed by atoms with van der Waals surface area (Å²) in [6, 6.07) is 0. The molecule has 19 heavy (non-hydrogen) atoms. The molecule has 1 saturated heterocycles. The number of ether oxygens (including phenoxy) is 1. The second kappa shape index (κ2) is 4.17. The van der Waals surface area contributed by atoms with E-state index in [1.807, 2.05) is 0 Å². The lowest BCUT2D eigenvalue weighted by Gasteiger charge is -2.16. The Balaban J connectivity index is 2.07. The Morgan fingerprint density at radius 2 is 2.11 bits per heavy atom. The normalized spacial score (nSPS) is 30.6. The summed E-state index contributed by atoms with van der Waals surface area (Å²) in [4.78, 5) is 11.9. The number of hydrogen-bond donors (Lipinski definition) is 3. The van der Waals surface area contributed by atoms with E-state index in [1.165, 1.54) is 17.2 Å². The van der Waals surface area contributed by atoms with E-state index < -0.39 is 24.5 Å². The molecule has 2 aromatic rings. The maximum Gasteiger partial charge on any atom is 0.167 e. The van der Waals surface area contributed by atoms with Crippen molar-refractivity contribution in [1.82, 2.24) is 19.5 Å². The summed E-state index contributed by atoms with van der Waals surface area (Å²) in [5, 5.41) is 19.7. The van der Waals surface area contributed by atoms with Crippen LogP contribution in [0.4, 0.5) is 5.82 Å². The van der Waals surface area contributed by atoms with Gasteiger partial charge in [0.2, 0.25) is 0 Å². The van der Waals surface area contributed by atoms with Gasteiger partial charge in [0.1, 0.15) is 30.2 Å². The zero-order valence-corrected chi connectivity index (χ0v) is 9.71.